The SMILES string of the molecule is Cc1sc(CNC(=O)NCCC(=O)O)nc1-c1ccc(Cl)cc1. The smallest absolute Gasteiger partial charge is 0.315 e. The number of aliphatic carboxylic acids is 1. The predicted octanol–water partition coefficient (Wildman–Crippen LogP) is 3.05. The number of carboxylic acid groups (broad SMARTS) is 1. The second-order valence-electron chi connectivity index (χ2n) is 4.77. The van der Waals surface area contributed by atoms with Crippen LogP contribution in [-0.4, -0.2) is 28.6 Å². The Hall–Kier alpha value is -2.12. The van der Waals surface area contributed by atoms with Gasteiger partial charge in [-0.15, -0.1) is 11.3 Å². The zero-order chi connectivity index (χ0) is 16.8. The molecule has 23 heavy (non-hydrogen) atoms. The minimum atomic E-state index is -0.951. The number of halogens is 1. The van der Waals surface area contributed by atoms with Gasteiger partial charge in [0.1, 0.15) is 5.01 Å². The van der Waals surface area contributed by atoms with Crippen molar-refractivity contribution in [3.8, 4) is 11.3 Å². The molecule has 0 unspecified atom stereocenters. The molecule has 6 nitrogen and oxygen atoms in total. The number of hydrogen-bond donors (Lipinski definition) is 3. The highest BCUT2D eigenvalue weighted by Gasteiger charge is 2.11. The average molecular weight is 354 g/mol. The zero-order valence-corrected chi connectivity index (χ0v) is 14.0. The topological polar surface area (TPSA) is 91.3 Å². The van der Waals surface area contributed by atoms with Crippen molar-refractivity contribution >= 4 is 34.9 Å². The Kier molecular flexibility index (Phi) is 5.95. The number of benzene rings is 1. The van der Waals surface area contributed by atoms with Gasteiger partial charge in [0.15, 0.2) is 0 Å². The van der Waals surface area contributed by atoms with E-state index in [0.29, 0.717) is 5.02 Å². The number of nitrogens with zero attached hydrogens (tertiary/aromatic N) is 1. The van der Waals surface area contributed by atoms with Gasteiger partial charge in [-0.2, -0.15) is 0 Å². The molecule has 0 atom stereocenters. The standard InChI is InChI=1S/C15H16ClN3O3S/c1-9-14(10-2-4-11(16)5-3-10)19-12(23-9)8-18-15(22)17-7-6-13(20)21/h2-5H,6-8H2,1H3,(H,20,21)(H2,17,18,22). The van der Waals surface area contributed by atoms with Crippen LogP contribution in [0.4, 0.5) is 4.79 Å². The van der Waals surface area contributed by atoms with Gasteiger partial charge in [0, 0.05) is 22.0 Å². The van der Waals surface area contributed by atoms with Crippen molar-refractivity contribution < 1.29 is 14.7 Å². The van der Waals surface area contributed by atoms with E-state index < -0.39 is 12.0 Å². The lowest BCUT2D eigenvalue weighted by atomic mass is 10.1. The summed E-state index contributed by atoms with van der Waals surface area (Å²) < 4.78 is 0. The fourth-order valence-corrected chi connectivity index (χ4v) is 2.92. The summed E-state index contributed by atoms with van der Waals surface area (Å²) in [5, 5.41) is 15.1. The molecule has 8 heteroatoms. The van der Waals surface area contributed by atoms with Crippen molar-refractivity contribution in [2.24, 2.45) is 0 Å². The molecule has 0 bridgehead atoms. The molecule has 1 heterocycles. The van der Waals surface area contributed by atoms with Crippen LogP contribution in [0, 0.1) is 6.92 Å². The summed E-state index contributed by atoms with van der Waals surface area (Å²) in [6.07, 6.45) is -0.107. The molecule has 0 aliphatic rings. The molecule has 0 fully saturated rings. The number of nitrogens with one attached hydrogen (secondary N) is 2. The van der Waals surface area contributed by atoms with Gasteiger partial charge in [-0.3, -0.25) is 4.79 Å². The molecule has 2 rings (SSSR count). The minimum Gasteiger partial charge on any atom is -0.481 e. The summed E-state index contributed by atoms with van der Waals surface area (Å²) in [7, 11) is 0. The largest absolute Gasteiger partial charge is 0.481 e. The summed E-state index contributed by atoms with van der Waals surface area (Å²) >= 11 is 7.38. The molecule has 2 aromatic rings. The fourth-order valence-electron chi connectivity index (χ4n) is 1.90. The average Bonchev–Trinajstić information content (AvgIpc) is 2.87. The number of thiazole rings is 1. The van der Waals surface area contributed by atoms with Crippen molar-refractivity contribution in [2.75, 3.05) is 6.54 Å². The third-order valence-electron chi connectivity index (χ3n) is 2.98. The van der Waals surface area contributed by atoms with Crippen LogP contribution in [0.15, 0.2) is 24.3 Å². The van der Waals surface area contributed by atoms with Gasteiger partial charge in [0.25, 0.3) is 0 Å². The van der Waals surface area contributed by atoms with Gasteiger partial charge in [-0.1, -0.05) is 23.7 Å². The number of carbonyl (C=O) groups is 2. The summed E-state index contributed by atoms with van der Waals surface area (Å²) in [6, 6.07) is 7.01. The van der Waals surface area contributed by atoms with E-state index in [1.165, 1.54) is 11.3 Å². The summed E-state index contributed by atoms with van der Waals surface area (Å²) in [5.74, 6) is -0.951. The number of aryl methyl sites for hydroxylation is 1. The molecule has 1 aromatic carbocycles. The van der Waals surface area contributed by atoms with Gasteiger partial charge < -0.3 is 15.7 Å². The second kappa shape index (κ2) is 7.94. The van der Waals surface area contributed by atoms with Gasteiger partial charge in [0.2, 0.25) is 0 Å². The van der Waals surface area contributed by atoms with Gasteiger partial charge in [-0.05, 0) is 19.1 Å². The number of hydrogen-bond acceptors (Lipinski definition) is 4. The third-order valence-corrected chi connectivity index (χ3v) is 4.21. The summed E-state index contributed by atoms with van der Waals surface area (Å²) in [6.45, 7) is 2.35. The number of rotatable bonds is 6. The van der Waals surface area contributed by atoms with Gasteiger partial charge in [0.05, 0.1) is 18.7 Å². The van der Waals surface area contributed by atoms with E-state index in [1.54, 1.807) is 0 Å². The minimum absolute atomic E-state index is 0.0914. The molecule has 0 spiro atoms. The first-order chi connectivity index (χ1) is 11.0. The molecule has 0 aliphatic heterocycles. The van der Waals surface area contributed by atoms with Gasteiger partial charge >= 0.3 is 12.0 Å². The van der Waals surface area contributed by atoms with Crippen LogP contribution in [-0.2, 0) is 11.3 Å². The van der Waals surface area contributed by atoms with Crippen molar-refractivity contribution in [2.45, 2.75) is 19.9 Å². The van der Waals surface area contributed by atoms with Crippen LogP contribution < -0.4 is 10.6 Å². The molecule has 1 aromatic heterocycles. The predicted molar refractivity (Wildman–Crippen MR) is 89.8 cm³/mol. The van der Waals surface area contributed by atoms with Crippen molar-refractivity contribution in [3.63, 3.8) is 0 Å². The van der Waals surface area contributed by atoms with E-state index in [0.717, 1.165) is 21.1 Å². The van der Waals surface area contributed by atoms with Crippen molar-refractivity contribution in [1.29, 1.82) is 0 Å². The maximum atomic E-state index is 11.5. The molecule has 0 radical (unpaired) electrons. The lowest BCUT2D eigenvalue weighted by molar-refractivity contribution is -0.136. The van der Waals surface area contributed by atoms with E-state index >= 15 is 0 Å². The molecule has 3 N–H and O–H groups in total. The van der Waals surface area contributed by atoms with Crippen LogP contribution in [0.2, 0.25) is 5.02 Å². The maximum Gasteiger partial charge on any atom is 0.315 e. The Labute approximate surface area is 142 Å². The first kappa shape index (κ1) is 17.2. The molecule has 0 saturated heterocycles. The van der Waals surface area contributed by atoms with Crippen LogP contribution >= 0.6 is 22.9 Å². The zero-order valence-electron chi connectivity index (χ0n) is 12.4. The summed E-state index contributed by atoms with van der Waals surface area (Å²) in [4.78, 5) is 27.5. The number of urea groups is 1. The third kappa shape index (κ3) is 5.22. The maximum absolute atomic E-state index is 11.5. The molecule has 0 saturated carbocycles. The van der Waals surface area contributed by atoms with Crippen molar-refractivity contribution in [3.05, 3.63) is 39.2 Å². The van der Waals surface area contributed by atoms with Gasteiger partial charge in [-0.25, -0.2) is 9.78 Å². The van der Waals surface area contributed by atoms with E-state index in [9.17, 15) is 9.59 Å². The fraction of sp³-hybridized carbons (Fsp3) is 0.267. The number of carbonyl (C=O) groups excluding carboxylic acids is 1. The van der Waals surface area contributed by atoms with Crippen LogP contribution in [0.1, 0.15) is 16.3 Å². The van der Waals surface area contributed by atoms with Crippen LogP contribution in [0.3, 0.4) is 0 Å². The summed E-state index contributed by atoms with van der Waals surface area (Å²) in [5.41, 5.74) is 1.84. The first-order valence-corrected chi connectivity index (χ1v) is 8.11. The van der Waals surface area contributed by atoms with Crippen molar-refractivity contribution in [1.82, 2.24) is 15.6 Å². The normalized spacial score (nSPS) is 10.3. The Bertz CT molecular complexity index is 700. The Balaban J connectivity index is 1.92. The number of amides is 2. The lowest BCUT2D eigenvalue weighted by Gasteiger charge is -2.04. The molecular weight excluding hydrogens is 338 g/mol. The monoisotopic (exact) mass is 353 g/mol. The van der Waals surface area contributed by atoms with E-state index in [1.807, 2.05) is 31.2 Å². The highest BCUT2D eigenvalue weighted by molar-refractivity contribution is 7.12. The molecule has 122 valence electrons. The quantitative estimate of drug-likeness (QED) is 0.744. The molecule has 2 amide bonds. The van der Waals surface area contributed by atoms with Crippen LogP contribution in [0.25, 0.3) is 11.3 Å². The Morgan fingerprint density at radius 2 is 1.96 bits per heavy atom. The molecule has 0 aliphatic carbocycles. The Morgan fingerprint density at radius 3 is 2.61 bits per heavy atom. The Morgan fingerprint density at radius 1 is 1.26 bits per heavy atom. The number of aromatic nitrogens is 1. The van der Waals surface area contributed by atoms with Crippen LogP contribution in [0.5, 0.6) is 0 Å². The first-order valence-electron chi connectivity index (χ1n) is 6.91. The van der Waals surface area contributed by atoms with E-state index in [-0.39, 0.29) is 19.5 Å². The highest BCUT2D eigenvalue weighted by atomic mass is 35.5. The highest BCUT2D eigenvalue weighted by Crippen LogP contribution is 2.28. The van der Waals surface area contributed by atoms with E-state index in [2.05, 4.69) is 15.6 Å². The van der Waals surface area contributed by atoms with E-state index in [4.69, 9.17) is 16.7 Å². The number of carboxylic acids is 1. The second-order valence-corrected chi connectivity index (χ2v) is 6.50. The lowest BCUT2D eigenvalue weighted by Crippen LogP contribution is -2.36. The molecular formula is C15H16ClN3O3S.